The number of nitrogens with two attached hydrogens (primary N) is 3. The van der Waals surface area contributed by atoms with Crippen molar-refractivity contribution in [3.8, 4) is 0 Å². The summed E-state index contributed by atoms with van der Waals surface area (Å²) >= 11 is 0. The van der Waals surface area contributed by atoms with Crippen LogP contribution in [0.25, 0.3) is 0 Å². The van der Waals surface area contributed by atoms with Crippen molar-refractivity contribution in [2.75, 3.05) is 32.4 Å². The van der Waals surface area contributed by atoms with Crippen LogP contribution in [-0.4, -0.2) is 99.9 Å². The molecule has 0 saturated heterocycles. The summed E-state index contributed by atoms with van der Waals surface area (Å²) in [4.78, 5) is 98.2. The Bertz CT molecular complexity index is 2050. The molecular weight excluding hydrogens is 889 g/mol. The first-order valence-corrected chi connectivity index (χ1v) is 21.8. The Hall–Kier alpha value is -7.24. The highest BCUT2D eigenvalue weighted by atomic mass is 16.6. The second-order valence-electron chi connectivity index (χ2n) is 15.2. The van der Waals surface area contributed by atoms with Gasteiger partial charge in [0.1, 0.15) is 6.04 Å². The summed E-state index contributed by atoms with van der Waals surface area (Å²) in [5.41, 5.74) is 17.9. The molecule has 3 rings (SSSR count). The van der Waals surface area contributed by atoms with Crippen molar-refractivity contribution in [2.24, 2.45) is 11.5 Å². The van der Waals surface area contributed by atoms with E-state index in [4.69, 9.17) is 22.3 Å². The number of non-ortho nitro benzene ring substituents is 3. The van der Waals surface area contributed by atoms with Gasteiger partial charge in [0.15, 0.2) is 11.6 Å². The normalized spacial score (nSPS) is 11.4. The molecule has 0 aliphatic carbocycles. The number of carbonyl (C=O) groups is 6. The van der Waals surface area contributed by atoms with Crippen LogP contribution in [0.5, 0.6) is 0 Å². The van der Waals surface area contributed by atoms with Crippen molar-refractivity contribution >= 4 is 58.0 Å². The third-order valence-electron chi connectivity index (χ3n) is 9.43. The zero-order valence-corrected chi connectivity index (χ0v) is 39.0. The van der Waals surface area contributed by atoms with Gasteiger partial charge in [-0.05, 0) is 108 Å². The Morgan fingerprint density at radius 3 is 1.13 bits per heavy atom. The van der Waals surface area contributed by atoms with Crippen molar-refractivity contribution in [3.63, 3.8) is 0 Å². The van der Waals surface area contributed by atoms with E-state index in [1.54, 1.807) is 24.3 Å². The minimum atomic E-state index is -0.993. The monoisotopic (exact) mass is 954 g/mol. The molecule has 0 saturated carbocycles. The summed E-state index contributed by atoms with van der Waals surface area (Å²) in [5.74, 6) is -2.00. The lowest BCUT2D eigenvalue weighted by Gasteiger charge is -2.16. The van der Waals surface area contributed by atoms with Crippen molar-refractivity contribution in [3.05, 3.63) is 114 Å². The fourth-order valence-corrected chi connectivity index (χ4v) is 5.97. The van der Waals surface area contributed by atoms with Crippen LogP contribution in [0.4, 0.5) is 22.7 Å². The number of hydrogen-bond donors (Lipinski definition) is 8. The molecule has 0 aromatic heterocycles. The quantitative estimate of drug-likeness (QED) is 0.0245. The third kappa shape index (κ3) is 28.6. The summed E-state index contributed by atoms with van der Waals surface area (Å²) in [5, 5.41) is 50.7. The van der Waals surface area contributed by atoms with Crippen LogP contribution in [0.1, 0.15) is 89.7 Å². The standard InChI is InChI=1S/C16H23N3O4.C15H21N3O4.C8H16N2O3.C6H6N2O2/c1-12(20)18-15(5-3-4-10-17-2)16(21)11-13-6-8-14(9-7-13)19(22)23;1-11(19)17-14(4-2-3-9-16)15(20)10-12-5-7-13(8-6-12)18(21)22;1-6(11)10-7(8(12)13)4-2-3-5-9;7-5-1-3-6(4-2-5)8(9)10/h6-9,15,17H,3-5,10-11H2,1-2H3,(H,18,20);5-8,14H,2-4,9-10,16H2,1H3,(H,17,19);7H,2-5,9H2,1H3,(H,10,11)(H,12,13);1-4H,7H2/t15-;14-;7-;/m000./s1. The highest BCUT2D eigenvalue weighted by Crippen LogP contribution is 2.16. The smallest absolute Gasteiger partial charge is 0.326 e. The first-order valence-electron chi connectivity index (χ1n) is 21.8. The number of nitrogens with one attached hydrogen (secondary N) is 4. The number of amides is 3. The minimum absolute atomic E-state index is 0.00771. The highest BCUT2D eigenvalue weighted by molar-refractivity contribution is 5.90. The number of nitro benzene ring substituents is 3. The number of anilines is 1. The van der Waals surface area contributed by atoms with Crippen LogP contribution in [0.15, 0.2) is 72.8 Å². The van der Waals surface area contributed by atoms with E-state index in [0.29, 0.717) is 55.6 Å². The van der Waals surface area contributed by atoms with Gasteiger partial charge < -0.3 is 43.6 Å². The van der Waals surface area contributed by atoms with Gasteiger partial charge in [-0.3, -0.25) is 54.3 Å². The number of rotatable bonds is 26. The molecule has 23 nitrogen and oxygen atoms in total. The predicted molar refractivity (Wildman–Crippen MR) is 255 cm³/mol. The lowest BCUT2D eigenvalue weighted by Crippen LogP contribution is -2.40. The van der Waals surface area contributed by atoms with Crippen LogP contribution in [0, 0.1) is 30.3 Å². The summed E-state index contributed by atoms with van der Waals surface area (Å²) < 4.78 is 0. The van der Waals surface area contributed by atoms with Crippen molar-refractivity contribution in [1.29, 1.82) is 0 Å². The summed E-state index contributed by atoms with van der Waals surface area (Å²) in [6.07, 6.45) is 6.66. The molecule has 3 aromatic rings. The van der Waals surface area contributed by atoms with E-state index in [-0.39, 0.29) is 59.2 Å². The molecule has 3 amide bonds. The second-order valence-corrected chi connectivity index (χ2v) is 15.2. The van der Waals surface area contributed by atoms with E-state index < -0.39 is 38.9 Å². The number of carbonyl (C=O) groups excluding carboxylic acids is 5. The highest BCUT2D eigenvalue weighted by Gasteiger charge is 2.21. The van der Waals surface area contributed by atoms with Gasteiger partial charge in [-0.1, -0.05) is 24.3 Å². The number of nitrogens with zero attached hydrogens (tertiary/aromatic N) is 3. The van der Waals surface area contributed by atoms with E-state index in [0.717, 1.165) is 38.6 Å². The summed E-state index contributed by atoms with van der Waals surface area (Å²) in [6, 6.07) is 15.6. The van der Waals surface area contributed by atoms with E-state index in [1.165, 1.54) is 69.3 Å². The molecule has 374 valence electrons. The first kappa shape index (κ1) is 60.8. The van der Waals surface area contributed by atoms with Crippen molar-refractivity contribution in [1.82, 2.24) is 21.3 Å². The third-order valence-corrected chi connectivity index (χ3v) is 9.43. The molecule has 0 bridgehead atoms. The Labute approximate surface area is 394 Å². The largest absolute Gasteiger partial charge is 0.480 e. The molecular formula is C45H66N10O13. The van der Waals surface area contributed by atoms with E-state index in [2.05, 4.69) is 21.3 Å². The maximum atomic E-state index is 12.4. The molecule has 0 aliphatic heterocycles. The molecule has 0 aliphatic rings. The molecule has 0 radical (unpaired) electrons. The number of nitrogen functional groups attached to an aromatic ring is 1. The second kappa shape index (κ2) is 35.0. The maximum Gasteiger partial charge on any atom is 0.326 e. The van der Waals surface area contributed by atoms with Gasteiger partial charge in [-0.2, -0.15) is 0 Å². The Morgan fingerprint density at radius 2 is 0.838 bits per heavy atom. The molecule has 68 heavy (non-hydrogen) atoms. The molecule has 0 heterocycles. The summed E-state index contributed by atoms with van der Waals surface area (Å²) in [7, 11) is 1.87. The number of hydrogen-bond acceptors (Lipinski definition) is 16. The van der Waals surface area contributed by atoms with Crippen molar-refractivity contribution < 1.29 is 48.6 Å². The van der Waals surface area contributed by atoms with Gasteiger partial charge in [0.25, 0.3) is 17.1 Å². The van der Waals surface area contributed by atoms with E-state index in [9.17, 15) is 59.1 Å². The Kier molecular flexibility index (Phi) is 31.3. The zero-order valence-electron chi connectivity index (χ0n) is 39.0. The number of carboxylic acid groups (broad SMARTS) is 1. The number of nitro groups is 3. The average Bonchev–Trinajstić information content (AvgIpc) is 3.27. The lowest BCUT2D eigenvalue weighted by atomic mass is 9.99. The maximum absolute atomic E-state index is 12.4. The minimum Gasteiger partial charge on any atom is -0.480 e. The Morgan fingerprint density at radius 1 is 0.529 bits per heavy atom. The van der Waals surface area contributed by atoms with Crippen LogP contribution in [0.3, 0.4) is 0 Å². The Balaban J connectivity index is 0.000000925. The predicted octanol–water partition coefficient (Wildman–Crippen LogP) is 3.82. The number of unbranched alkanes of at least 4 members (excludes halogenated alkanes) is 3. The van der Waals surface area contributed by atoms with E-state index >= 15 is 0 Å². The zero-order chi connectivity index (χ0) is 51.6. The van der Waals surface area contributed by atoms with Gasteiger partial charge in [-0.15, -0.1) is 0 Å². The molecule has 3 aromatic carbocycles. The molecule has 0 fully saturated rings. The fraction of sp³-hybridized carbons (Fsp3) is 0.467. The van der Waals surface area contributed by atoms with Crippen LogP contribution in [0.2, 0.25) is 0 Å². The first-order chi connectivity index (χ1) is 32.1. The topological polar surface area (TPSA) is 378 Å². The summed E-state index contributed by atoms with van der Waals surface area (Å²) in [6.45, 7) is 6.02. The van der Waals surface area contributed by atoms with Crippen molar-refractivity contribution in [2.45, 2.75) is 110 Å². The molecule has 0 spiro atoms. The number of ketones is 2. The SMILES string of the molecule is CC(=O)N[C@@H](CCCCN)C(=O)Cc1ccc([N+](=O)[O-])cc1.CC(=O)N[C@@H](CCCCN)C(=O)O.CNCCCC[C@H](NC(C)=O)C(=O)Cc1ccc([N+](=O)[O-])cc1.Nc1ccc([N+](=O)[O-])cc1. The van der Waals surface area contributed by atoms with Gasteiger partial charge in [0.05, 0.1) is 26.9 Å². The molecule has 3 atom stereocenters. The number of Topliss-reactive ketones (excluding diaryl/α,β-unsaturated/α-hetero) is 2. The fourth-order valence-electron chi connectivity index (χ4n) is 5.97. The number of carboxylic acids is 1. The van der Waals surface area contributed by atoms with Gasteiger partial charge in [0, 0.05) is 75.7 Å². The van der Waals surface area contributed by atoms with Crippen LogP contribution < -0.4 is 38.5 Å². The number of aliphatic carboxylic acids is 1. The van der Waals surface area contributed by atoms with Crippen LogP contribution in [-0.2, 0) is 41.6 Å². The number of benzene rings is 3. The van der Waals surface area contributed by atoms with Gasteiger partial charge in [0.2, 0.25) is 17.7 Å². The van der Waals surface area contributed by atoms with Gasteiger partial charge in [-0.25, -0.2) is 4.79 Å². The van der Waals surface area contributed by atoms with E-state index in [1.807, 2.05) is 7.05 Å². The molecule has 23 heteroatoms. The lowest BCUT2D eigenvalue weighted by molar-refractivity contribution is -0.385. The van der Waals surface area contributed by atoms with Gasteiger partial charge >= 0.3 is 5.97 Å². The van der Waals surface area contributed by atoms with Crippen LogP contribution >= 0.6 is 0 Å². The molecule has 11 N–H and O–H groups in total. The molecule has 0 unspecified atom stereocenters. The average molecular weight is 955 g/mol.